The van der Waals surface area contributed by atoms with Crippen LogP contribution in [0.5, 0.6) is 0 Å². The normalized spacial score (nSPS) is 42.2. The number of esters is 1. The number of hydrogen-bond donors (Lipinski definition) is 1. The van der Waals surface area contributed by atoms with E-state index in [1.165, 1.54) is 25.7 Å². The quantitative estimate of drug-likeness (QED) is 0.653. The summed E-state index contributed by atoms with van der Waals surface area (Å²) < 4.78 is 6.63. The number of ether oxygens (including phenoxy) is 1. The third kappa shape index (κ3) is 4.06. The fourth-order valence-electron chi connectivity index (χ4n) is 8.64. The zero-order valence-electron chi connectivity index (χ0n) is 20.5. The van der Waals surface area contributed by atoms with Crippen LogP contribution in [-0.2, 0) is 16.1 Å². The SMILES string of the molecule is CCOC(=O)c1ccn(CC(=O)[C@H]2CC[C@H]3[C@@H]4CC[C@@H]5C[C@](C)(O)CC[C@@H]5[C@H]4CC[C@]23C)n1. The second kappa shape index (κ2) is 8.51. The molecule has 1 aromatic rings. The van der Waals surface area contributed by atoms with Crippen molar-refractivity contribution in [1.29, 1.82) is 0 Å². The van der Waals surface area contributed by atoms with Crippen molar-refractivity contribution in [2.45, 2.75) is 90.7 Å². The summed E-state index contributed by atoms with van der Waals surface area (Å²) in [5.74, 6) is 3.54. The number of ketones is 1. The topological polar surface area (TPSA) is 81.4 Å². The van der Waals surface area contributed by atoms with E-state index in [0.29, 0.717) is 18.4 Å². The number of carbonyl (C=O) groups is 2. The molecule has 4 fully saturated rings. The van der Waals surface area contributed by atoms with Gasteiger partial charge in [0, 0.05) is 12.1 Å². The zero-order chi connectivity index (χ0) is 23.4. The van der Waals surface area contributed by atoms with Gasteiger partial charge in [0.15, 0.2) is 11.5 Å². The monoisotopic (exact) mass is 456 g/mol. The lowest BCUT2D eigenvalue weighted by molar-refractivity contribution is -0.133. The Hall–Kier alpha value is -1.69. The highest BCUT2D eigenvalue weighted by Crippen LogP contribution is 2.64. The molecular formula is C27H40N2O4. The number of Topliss-reactive ketones (excluding diaryl/α,β-unsaturated/α-hetero) is 1. The Labute approximate surface area is 197 Å². The Morgan fingerprint density at radius 1 is 1.09 bits per heavy atom. The maximum Gasteiger partial charge on any atom is 0.358 e. The lowest BCUT2D eigenvalue weighted by atomic mass is 9.49. The predicted molar refractivity (Wildman–Crippen MR) is 124 cm³/mol. The molecule has 0 aliphatic heterocycles. The van der Waals surface area contributed by atoms with E-state index in [9.17, 15) is 14.7 Å². The molecule has 0 aromatic carbocycles. The fraction of sp³-hybridized carbons (Fsp3) is 0.815. The van der Waals surface area contributed by atoms with Crippen LogP contribution < -0.4 is 0 Å². The zero-order valence-corrected chi connectivity index (χ0v) is 20.5. The molecule has 1 heterocycles. The Morgan fingerprint density at radius 2 is 1.88 bits per heavy atom. The van der Waals surface area contributed by atoms with Gasteiger partial charge in [0.25, 0.3) is 0 Å². The van der Waals surface area contributed by atoms with Gasteiger partial charge in [-0.2, -0.15) is 5.10 Å². The van der Waals surface area contributed by atoms with Gasteiger partial charge in [0.1, 0.15) is 0 Å². The van der Waals surface area contributed by atoms with E-state index in [4.69, 9.17) is 4.74 Å². The van der Waals surface area contributed by atoms with Crippen LogP contribution in [0.25, 0.3) is 0 Å². The fourth-order valence-corrected chi connectivity index (χ4v) is 8.64. The van der Waals surface area contributed by atoms with E-state index in [2.05, 4.69) is 12.0 Å². The van der Waals surface area contributed by atoms with E-state index in [1.54, 1.807) is 23.9 Å². The first-order valence-electron chi connectivity index (χ1n) is 13.2. The minimum absolute atomic E-state index is 0.0857. The summed E-state index contributed by atoms with van der Waals surface area (Å²) in [4.78, 5) is 25.3. The average Bonchev–Trinajstić information content (AvgIpc) is 3.37. The summed E-state index contributed by atoms with van der Waals surface area (Å²) in [6, 6.07) is 1.63. The molecule has 4 aliphatic carbocycles. The average molecular weight is 457 g/mol. The standard InChI is InChI=1S/C27H40N2O4/c1-4-33-25(31)23-11-14-29(28-23)16-24(30)22-8-7-21-20-6-5-17-15-26(2,32)12-9-18(17)19(20)10-13-27(21,22)3/h11,14,17-22,32H,4-10,12-13,15-16H2,1-3H3/t17-,18+,19-,20-,21+,22-,26-,27+/m1/s1. The second-order valence-electron chi connectivity index (χ2n) is 11.9. The van der Waals surface area contributed by atoms with Crippen LogP contribution in [0.15, 0.2) is 12.3 Å². The molecule has 0 saturated heterocycles. The van der Waals surface area contributed by atoms with Crippen LogP contribution in [0.1, 0.15) is 89.0 Å². The van der Waals surface area contributed by atoms with Crippen molar-refractivity contribution >= 4 is 11.8 Å². The largest absolute Gasteiger partial charge is 0.461 e. The Bertz CT molecular complexity index is 908. The van der Waals surface area contributed by atoms with Crippen LogP contribution in [0.4, 0.5) is 0 Å². The molecule has 8 atom stereocenters. The molecule has 1 N–H and O–H groups in total. The van der Waals surface area contributed by atoms with E-state index in [1.807, 2.05) is 6.92 Å². The molecular weight excluding hydrogens is 416 g/mol. The number of carbonyl (C=O) groups excluding carboxylic acids is 2. The van der Waals surface area contributed by atoms with E-state index < -0.39 is 11.6 Å². The predicted octanol–water partition coefficient (Wildman–Crippen LogP) is 4.65. The van der Waals surface area contributed by atoms with Crippen LogP contribution in [-0.4, -0.2) is 38.8 Å². The van der Waals surface area contributed by atoms with E-state index in [-0.39, 0.29) is 29.4 Å². The lowest BCUT2D eigenvalue weighted by Gasteiger charge is -2.56. The number of fused-ring (bicyclic) bond motifs is 5. The maximum absolute atomic E-state index is 13.4. The van der Waals surface area contributed by atoms with Crippen molar-refractivity contribution in [2.75, 3.05) is 6.61 Å². The number of nitrogens with zero attached hydrogens (tertiary/aromatic N) is 2. The first kappa shape index (κ1) is 23.1. The number of aliphatic hydroxyl groups is 1. The highest BCUT2D eigenvalue weighted by atomic mass is 16.5. The van der Waals surface area contributed by atoms with Crippen LogP contribution in [0, 0.1) is 40.9 Å². The van der Waals surface area contributed by atoms with E-state index >= 15 is 0 Å². The highest BCUT2D eigenvalue weighted by molar-refractivity contribution is 5.87. The number of rotatable bonds is 5. The molecule has 5 rings (SSSR count). The number of hydrogen-bond acceptors (Lipinski definition) is 5. The van der Waals surface area contributed by atoms with Gasteiger partial charge in [-0.25, -0.2) is 4.79 Å². The summed E-state index contributed by atoms with van der Waals surface area (Å²) >= 11 is 0. The first-order valence-corrected chi connectivity index (χ1v) is 13.2. The van der Waals surface area contributed by atoms with Gasteiger partial charge in [0.05, 0.1) is 18.8 Å². The van der Waals surface area contributed by atoms with Crippen molar-refractivity contribution in [3.8, 4) is 0 Å². The Kier molecular flexibility index (Phi) is 5.95. The molecule has 0 radical (unpaired) electrons. The molecule has 0 unspecified atom stereocenters. The number of aromatic nitrogens is 2. The van der Waals surface area contributed by atoms with E-state index in [0.717, 1.165) is 49.9 Å². The smallest absolute Gasteiger partial charge is 0.358 e. The van der Waals surface area contributed by atoms with Crippen molar-refractivity contribution in [3.05, 3.63) is 18.0 Å². The van der Waals surface area contributed by atoms with Gasteiger partial charge in [-0.1, -0.05) is 6.92 Å². The van der Waals surface area contributed by atoms with Crippen LogP contribution in [0.2, 0.25) is 0 Å². The highest BCUT2D eigenvalue weighted by Gasteiger charge is 2.58. The molecule has 0 bridgehead atoms. The summed E-state index contributed by atoms with van der Waals surface area (Å²) in [5, 5.41) is 14.9. The van der Waals surface area contributed by atoms with Gasteiger partial charge < -0.3 is 9.84 Å². The minimum Gasteiger partial charge on any atom is -0.461 e. The molecule has 1 aromatic heterocycles. The first-order chi connectivity index (χ1) is 15.7. The van der Waals surface area contributed by atoms with Crippen LogP contribution >= 0.6 is 0 Å². The van der Waals surface area contributed by atoms with Crippen LogP contribution in [0.3, 0.4) is 0 Å². The van der Waals surface area contributed by atoms with Gasteiger partial charge >= 0.3 is 5.97 Å². The van der Waals surface area contributed by atoms with Gasteiger partial charge in [-0.15, -0.1) is 0 Å². The van der Waals surface area contributed by atoms with Crippen molar-refractivity contribution in [1.82, 2.24) is 9.78 Å². The Morgan fingerprint density at radius 3 is 2.67 bits per heavy atom. The molecule has 182 valence electrons. The summed E-state index contributed by atoms with van der Waals surface area (Å²) in [6.45, 7) is 6.73. The third-order valence-electron chi connectivity index (χ3n) is 10.1. The minimum atomic E-state index is -0.471. The van der Waals surface area contributed by atoms with Gasteiger partial charge in [-0.05, 0) is 113 Å². The summed E-state index contributed by atoms with van der Waals surface area (Å²) in [7, 11) is 0. The molecule has 4 aliphatic rings. The molecule has 4 saturated carbocycles. The van der Waals surface area contributed by atoms with Crippen molar-refractivity contribution in [3.63, 3.8) is 0 Å². The summed E-state index contributed by atoms with van der Waals surface area (Å²) in [6.07, 6.45) is 11.8. The molecule has 33 heavy (non-hydrogen) atoms. The molecule has 6 nitrogen and oxygen atoms in total. The third-order valence-corrected chi connectivity index (χ3v) is 10.1. The van der Waals surface area contributed by atoms with Gasteiger partial charge in [0.2, 0.25) is 0 Å². The maximum atomic E-state index is 13.4. The molecule has 0 spiro atoms. The lowest BCUT2D eigenvalue weighted by Crippen LogP contribution is -2.51. The van der Waals surface area contributed by atoms with Gasteiger partial charge in [-0.3, -0.25) is 9.48 Å². The Balaban J connectivity index is 1.26. The van der Waals surface area contributed by atoms with Crippen molar-refractivity contribution < 1.29 is 19.4 Å². The molecule has 0 amide bonds. The van der Waals surface area contributed by atoms with Crippen molar-refractivity contribution in [2.24, 2.45) is 40.9 Å². The summed E-state index contributed by atoms with van der Waals surface area (Å²) in [5.41, 5.74) is -0.117. The second-order valence-corrected chi connectivity index (χ2v) is 11.9. The molecule has 6 heteroatoms.